The number of furan rings is 1. The van der Waals surface area contributed by atoms with Gasteiger partial charge in [-0.25, -0.2) is 0 Å². The lowest BCUT2D eigenvalue weighted by atomic mass is 10.3. The number of anilines is 2. The fourth-order valence-electron chi connectivity index (χ4n) is 1.45. The standard InChI is InChI=1S/C13H11BrN2O3/c1-8(17)15-12-7-6-11(19-12)13(18)16-10-5-3-2-4-9(10)14/h2-7H,1H3,(H,15,17)(H,16,18). The first-order valence-corrected chi connectivity index (χ1v) is 6.29. The summed E-state index contributed by atoms with van der Waals surface area (Å²) < 4.78 is 5.98. The van der Waals surface area contributed by atoms with Crippen LogP contribution in [0.15, 0.2) is 45.3 Å². The Morgan fingerprint density at radius 3 is 2.53 bits per heavy atom. The second-order valence-electron chi connectivity index (χ2n) is 3.78. The molecule has 0 aliphatic rings. The second-order valence-corrected chi connectivity index (χ2v) is 4.63. The fourth-order valence-corrected chi connectivity index (χ4v) is 1.83. The van der Waals surface area contributed by atoms with Crippen LogP contribution >= 0.6 is 15.9 Å². The van der Waals surface area contributed by atoms with E-state index in [0.717, 1.165) is 4.47 Å². The Kier molecular flexibility index (Phi) is 4.01. The average Bonchev–Trinajstić information content (AvgIpc) is 2.79. The second kappa shape index (κ2) is 5.71. The Balaban J connectivity index is 2.10. The molecule has 0 saturated heterocycles. The van der Waals surface area contributed by atoms with Gasteiger partial charge in [-0.1, -0.05) is 12.1 Å². The SMILES string of the molecule is CC(=O)Nc1ccc(C(=O)Nc2ccccc2Br)o1. The van der Waals surface area contributed by atoms with Gasteiger partial charge in [0.2, 0.25) is 5.91 Å². The van der Waals surface area contributed by atoms with Gasteiger partial charge >= 0.3 is 0 Å². The van der Waals surface area contributed by atoms with Gasteiger partial charge in [0.1, 0.15) is 0 Å². The predicted molar refractivity (Wildman–Crippen MR) is 75.1 cm³/mol. The highest BCUT2D eigenvalue weighted by molar-refractivity contribution is 9.10. The molecule has 1 heterocycles. The van der Waals surface area contributed by atoms with E-state index in [1.807, 2.05) is 18.2 Å². The molecule has 5 nitrogen and oxygen atoms in total. The van der Waals surface area contributed by atoms with Crippen LogP contribution in [0.25, 0.3) is 0 Å². The third kappa shape index (κ3) is 3.45. The van der Waals surface area contributed by atoms with Crippen molar-refractivity contribution in [3.63, 3.8) is 0 Å². The van der Waals surface area contributed by atoms with E-state index in [-0.39, 0.29) is 23.5 Å². The highest BCUT2D eigenvalue weighted by Crippen LogP contribution is 2.22. The minimum absolute atomic E-state index is 0.125. The van der Waals surface area contributed by atoms with Crippen molar-refractivity contribution in [1.29, 1.82) is 0 Å². The zero-order chi connectivity index (χ0) is 13.8. The molecule has 0 radical (unpaired) electrons. The van der Waals surface area contributed by atoms with Gasteiger partial charge in [-0.3, -0.25) is 14.9 Å². The molecule has 0 bridgehead atoms. The molecule has 6 heteroatoms. The van der Waals surface area contributed by atoms with Crippen molar-refractivity contribution in [2.45, 2.75) is 6.92 Å². The molecule has 2 rings (SSSR count). The Morgan fingerprint density at radius 1 is 1.11 bits per heavy atom. The van der Waals surface area contributed by atoms with Crippen molar-refractivity contribution in [1.82, 2.24) is 0 Å². The molecular formula is C13H11BrN2O3. The number of halogens is 1. The molecule has 2 amide bonds. The average molecular weight is 323 g/mol. The van der Waals surface area contributed by atoms with Crippen LogP contribution in [-0.2, 0) is 4.79 Å². The van der Waals surface area contributed by atoms with Crippen LogP contribution in [-0.4, -0.2) is 11.8 Å². The van der Waals surface area contributed by atoms with E-state index in [1.54, 1.807) is 6.07 Å². The van der Waals surface area contributed by atoms with Gasteiger partial charge in [-0.05, 0) is 34.1 Å². The van der Waals surface area contributed by atoms with Gasteiger partial charge in [-0.2, -0.15) is 0 Å². The summed E-state index contributed by atoms with van der Waals surface area (Å²) in [6, 6.07) is 10.3. The van der Waals surface area contributed by atoms with Crippen LogP contribution < -0.4 is 10.6 Å². The molecule has 0 spiro atoms. The summed E-state index contributed by atoms with van der Waals surface area (Å²) in [6.45, 7) is 1.36. The van der Waals surface area contributed by atoms with Crippen LogP contribution in [0.3, 0.4) is 0 Å². The highest BCUT2D eigenvalue weighted by Gasteiger charge is 2.13. The normalized spacial score (nSPS) is 10.0. The maximum Gasteiger partial charge on any atom is 0.291 e. The monoisotopic (exact) mass is 322 g/mol. The quantitative estimate of drug-likeness (QED) is 0.911. The molecule has 0 fully saturated rings. The zero-order valence-corrected chi connectivity index (χ0v) is 11.7. The van der Waals surface area contributed by atoms with Gasteiger partial charge < -0.3 is 9.73 Å². The van der Waals surface area contributed by atoms with Crippen LogP contribution in [0, 0.1) is 0 Å². The number of carbonyl (C=O) groups excluding carboxylic acids is 2. The van der Waals surface area contributed by atoms with Crippen LogP contribution in [0.4, 0.5) is 11.6 Å². The van der Waals surface area contributed by atoms with Crippen LogP contribution in [0.1, 0.15) is 17.5 Å². The third-order valence-corrected chi connectivity index (χ3v) is 2.94. The van der Waals surface area contributed by atoms with Gasteiger partial charge in [0, 0.05) is 17.5 Å². The number of hydrogen-bond donors (Lipinski definition) is 2. The van der Waals surface area contributed by atoms with Crippen LogP contribution in [0.2, 0.25) is 0 Å². The minimum atomic E-state index is -0.386. The molecule has 98 valence electrons. The topological polar surface area (TPSA) is 71.3 Å². The number of hydrogen-bond acceptors (Lipinski definition) is 3. The fraction of sp³-hybridized carbons (Fsp3) is 0.0769. The molecule has 2 aromatic rings. The Hall–Kier alpha value is -2.08. The molecule has 2 N–H and O–H groups in total. The molecule has 0 aliphatic carbocycles. The van der Waals surface area contributed by atoms with Gasteiger partial charge in [-0.15, -0.1) is 0 Å². The largest absolute Gasteiger partial charge is 0.435 e. The van der Waals surface area contributed by atoms with Crippen LogP contribution in [0.5, 0.6) is 0 Å². The summed E-state index contributed by atoms with van der Waals surface area (Å²) in [5.74, 6) is -0.278. The van der Waals surface area contributed by atoms with Crippen molar-refractivity contribution in [3.8, 4) is 0 Å². The number of para-hydroxylation sites is 1. The van der Waals surface area contributed by atoms with Crippen molar-refractivity contribution in [3.05, 3.63) is 46.6 Å². The summed E-state index contributed by atoms with van der Waals surface area (Å²) in [6.07, 6.45) is 0. The molecule has 19 heavy (non-hydrogen) atoms. The first kappa shape index (κ1) is 13.4. The molecule has 0 aliphatic heterocycles. The lowest BCUT2D eigenvalue weighted by molar-refractivity contribution is -0.114. The van der Waals surface area contributed by atoms with E-state index in [0.29, 0.717) is 5.69 Å². The van der Waals surface area contributed by atoms with Crippen molar-refractivity contribution in [2.75, 3.05) is 10.6 Å². The Morgan fingerprint density at radius 2 is 1.84 bits per heavy atom. The maximum absolute atomic E-state index is 11.9. The summed E-state index contributed by atoms with van der Waals surface area (Å²) in [4.78, 5) is 22.8. The molecule has 0 atom stereocenters. The van der Waals surface area contributed by atoms with E-state index in [2.05, 4.69) is 26.6 Å². The van der Waals surface area contributed by atoms with E-state index in [9.17, 15) is 9.59 Å². The Labute approximate surface area is 118 Å². The molecule has 0 saturated carbocycles. The minimum Gasteiger partial charge on any atom is -0.435 e. The lowest BCUT2D eigenvalue weighted by Gasteiger charge is -2.05. The number of carbonyl (C=O) groups is 2. The summed E-state index contributed by atoms with van der Waals surface area (Å²) in [5, 5.41) is 5.16. The van der Waals surface area contributed by atoms with E-state index < -0.39 is 0 Å². The maximum atomic E-state index is 11.9. The van der Waals surface area contributed by atoms with Crippen molar-refractivity contribution >= 4 is 39.3 Å². The van der Waals surface area contributed by atoms with E-state index in [4.69, 9.17) is 4.42 Å². The Bertz CT molecular complexity index is 622. The van der Waals surface area contributed by atoms with E-state index in [1.165, 1.54) is 19.1 Å². The smallest absolute Gasteiger partial charge is 0.291 e. The van der Waals surface area contributed by atoms with Gasteiger partial charge in [0.15, 0.2) is 11.6 Å². The summed E-state index contributed by atoms with van der Waals surface area (Å²) >= 11 is 3.33. The molecule has 1 aromatic carbocycles. The van der Waals surface area contributed by atoms with Gasteiger partial charge in [0.25, 0.3) is 5.91 Å². The molecule has 1 aromatic heterocycles. The number of amides is 2. The summed E-state index contributed by atoms with van der Waals surface area (Å²) in [7, 11) is 0. The first-order valence-electron chi connectivity index (χ1n) is 5.49. The molecular weight excluding hydrogens is 312 g/mol. The van der Waals surface area contributed by atoms with Crippen molar-refractivity contribution < 1.29 is 14.0 Å². The van der Waals surface area contributed by atoms with Crippen molar-refractivity contribution in [2.24, 2.45) is 0 Å². The third-order valence-electron chi connectivity index (χ3n) is 2.25. The lowest BCUT2D eigenvalue weighted by Crippen LogP contribution is -2.11. The number of rotatable bonds is 3. The van der Waals surface area contributed by atoms with Gasteiger partial charge in [0.05, 0.1) is 5.69 Å². The highest BCUT2D eigenvalue weighted by atomic mass is 79.9. The molecule has 0 unspecified atom stereocenters. The van der Waals surface area contributed by atoms with E-state index >= 15 is 0 Å². The summed E-state index contributed by atoms with van der Waals surface area (Å²) in [5.41, 5.74) is 0.643. The zero-order valence-electron chi connectivity index (χ0n) is 10.1. The number of benzene rings is 1. The predicted octanol–water partition coefficient (Wildman–Crippen LogP) is 3.25. The number of nitrogens with one attached hydrogen (secondary N) is 2. The first-order chi connectivity index (χ1) is 9.06.